The van der Waals surface area contributed by atoms with Gasteiger partial charge >= 0.3 is 5.97 Å². The van der Waals surface area contributed by atoms with Gasteiger partial charge in [-0.3, -0.25) is 19.2 Å². The number of nitrogens with one attached hydrogen (secondary N) is 1. The number of rotatable bonds is 15. The maximum absolute atomic E-state index is 15.6. The molecule has 12 nitrogen and oxygen atoms in total. The predicted molar refractivity (Wildman–Crippen MR) is 228 cm³/mol. The van der Waals surface area contributed by atoms with E-state index in [9.17, 15) is 14.7 Å². The van der Waals surface area contributed by atoms with Gasteiger partial charge < -0.3 is 34.3 Å². The van der Waals surface area contributed by atoms with Gasteiger partial charge in [-0.25, -0.2) is 0 Å². The number of allylic oxidation sites excluding steroid dienone is 1. The molecule has 8 aliphatic rings. The molecule has 3 aliphatic carbocycles. The summed E-state index contributed by atoms with van der Waals surface area (Å²) in [5.41, 5.74) is 2.50. The van der Waals surface area contributed by atoms with Gasteiger partial charge in [0.1, 0.15) is 35.9 Å². The summed E-state index contributed by atoms with van der Waals surface area (Å²) in [6.45, 7) is 12.0. The van der Waals surface area contributed by atoms with E-state index in [0.717, 1.165) is 68.9 Å². The maximum Gasteiger partial charge on any atom is 0.327 e. The van der Waals surface area contributed by atoms with Crippen LogP contribution >= 0.6 is 0 Å². The highest BCUT2D eigenvalue weighted by atomic mass is 16.8. The summed E-state index contributed by atoms with van der Waals surface area (Å²) < 4.78 is 26.8. The molecule has 0 radical (unpaired) electrons. The fourth-order valence-electron chi connectivity index (χ4n) is 12.9. The number of carbonyl (C=O) groups is 3. The van der Waals surface area contributed by atoms with Gasteiger partial charge in [-0.05, 0) is 93.1 Å². The summed E-state index contributed by atoms with van der Waals surface area (Å²) in [5, 5.41) is 14.0. The minimum atomic E-state index is -1.36. The third-order valence-corrected chi connectivity index (χ3v) is 16.3. The molecule has 2 N–H and O–H groups in total. The number of hydroxylamine groups is 2. The third kappa shape index (κ3) is 7.70. The number of fused-ring (bicyclic) bond motifs is 6. The molecule has 1 aromatic rings. The maximum atomic E-state index is 15.6. The highest BCUT2D eigenvalue weighted by Crippen LogP contribution is 2.61. The second-order valence-corrected chi connectivity index (χ2v) is 20.7. The van der Waals surface area contributed by atoms with Crippen molar-refractivity contribution < 1.29 is 43.3 Å². The molecule has 8 fully saturated rings. The molecule has 1 aromatic carbocycles. The number of ether oxygens (including phenoxy) is 4. The van der Waals surface area contributed by atoms with E-state index in [0.29, 0.717) is 50.2 Å². The molecule has 0 aromatic heterocycles. The summed E-state index contributed by atoms with van der Waals surface area (Å²) >= 11 is 0. The van der Waals surface area contributed by atoms with Crippen LogP contribution in [0.2, 0.25) is 0 Å². The standard InChI is InChI=1S/C49H71N3O9/c1-6-8-12-21-48(22-13-9-7-2)59-39-37-29-49(45(56)51-25-14-17-36(51)43(54)50-24-26-53)41(44(55)57-37)52(61-42(49)40(39)60-48)30-33-16-11-10-15-31(33)27-32-18-19-38-47(5,58-38)23-20-35-34(32)28-46(35,3)4/h10-11,15-16,27,34-42,53H,6-9,12-14,17-26,28-30H2,1-5H3,(H,50,54)/t34-,35-,36-,37-,38?,39+,40+,41-,42-,47-,49-/m1/s1. The number of hydrogen-bond donors (Lipinski definition) is 2. The minimum absolute atomic E-state index is 0.00449. The molecule has 12 heteroatoms. The Morgan fingerprint density at radius 2 is 1.70 bits per heavy atom. The zero-order valence-corrected chi connectivity index (χ0v) is 37.3. The highest BCUT2D eigenvalue weighted by molar-refractivity contribution is 5.96. The van der Waals surface area contributed by atoms with Gasteiger partial charge in [0.05, 0.1) is 24.9 Å². The molecule has 0 spiro atoms. The average molecular weight is 846 g/mol. The Kier molecular flexibility index (Phi) is 12.0. The van der Waals surface area contributed by atoms with Crippen LogP contribution < -0.4 is 5.32 Å². The molecule has 2 bridgehead atoms. The summed E-state index contributed by atoms with van der Waals surface area (Å²) in [6.07, 6.45) is 14.3. The molecule has 11 atom stereocenters. The van der Waals surface area contributed by atoms with E-state index in [1.807, 2.05) is 6.07 Å². The quantitative estimate of drug-likeness (QED) is 0.108. The zero-order chi connectivity index (χ0) is 42.7. The van der Waals surface area contributed by atoms with E-state index >= 15 is 4.79 Å². The van der Waals surface area contributed by atoms with E-state index in [1.165, 1.54) is 18.4 Å². The first-order valence-electron chi connectivity index (χ1n) is 24.0. The normalized spacial score (nSPS) is 38.7. The number of epoxide rings is 1. The number of likely N-dealkylation sites (tertiary alicyclic amines) is 1. The number of amides is 2. The second kappa shape index (κ2) is 16.9. The Hall–Kier alpha value is -2.87. The molecular weight excluding hydrogens is 775 g/mol. The Morgan fingerprint density at radius 3 is 2.44 bits per heavy atom. The Labute approximate surface area is 362 Å². The van der Waals surface area contributed by atoms with Crippen molar-refractivity contribution in [1.29, 1.82) is 0 Å². The lowest BCUT2D eigenvalue weighted by Gasteiger charge is -2.53. The number of hydrogen-bond acceptors (Lipinski definition) is 10. The van der Waals surface area contributed by atoms with Crippen molar-refractivity contribution in [2.75, 3.05) is 19.7 Å². The Bertz CT molecular complexity index is 1840. The Morgan fingerprint density at radius 1 is 0.951 bits per heavy atom. The molecule has 1 unspecified atom stereocenters. The van der Waals surface area contributed by atoms with E-state index in [-0.39, 0.29) is 48.9 Å². The lowest BCUT2D eigenvalue weighted by atomic mass is 9.52. The number of aliphatic hydroxyl groups is 1. The lowest BCUT2D eigenvalue weighted by Crippen LogP contribution is -2.70. The molecular formula is C49H71N3O9. The number of esters is 1. The van der Waals surface area contributed by atoms with Crippen LogP contribution in [-0.2, 0) is 44.7 Å². The molecule has 2 amide bonds. The fourth-order valence-corrected chi connectivity index (χ4v) is 12.9. The smallest absolute Gasteiger partial charge is 0.327 e. The summed E-state index contributed by atoms with van der Waals surface area (Å²) in [7, 11) is 0. The fraction of sp³-hybridized carbons (Fsp3) is 0.776. The molecule has 336 valence electrons. The van der Waals surface area contributed by atoms with Gasteiger partial charge in [0.25, 0.3) is 0 Å². The van der Waals surface area contributed by atoms with Gasteiger partial charge in [0, 0.05) is 32.4 Å². The van der Waals surface area contributed by atoms with E-state index in [4.69, 9.17) is 23.8 Å². The molecule has 5 aliphatic heterocycles. The van der Waals surface area contributed by atoms with E-state index in [2.05, 4.69) is 64.2 Å². The topological polar surface area (TPSA) is 139 Å². The van der Waals surface area contributed by atoms with Crippen molar-refractivity contribution in [1.82, 2.24) is 15.3 Å². The monoisotopic (exact) mass is 846 g/mol. The van der Waals surface area contributed by atoms with Crippen LogP contribution in [0, 0.1) is 22.7 Å². The van der Waals surface area contributed by atoms with Crippen molar-refractivity contribution in [3.63, 3.8) is 0 Å². The van der Waals surface area contributed by atoms with Gasteiger partial charge in [0.15, 0.2) is 11.8 Å². The minimum Gasteiger partial charge on any atom is -0.458 e. The first-order valence-corrected chi connectivity index (χ1v) is 24.0. The van der Waals surface area contributed by atoms with Crippen molar-refractivity contribution >= 4 is 23.9 Å². The molecule has 5 heterocycles. The number of aliphatic hydroxyl groups excluding tert-OH is 1. The van der Waals surface area contributed by atoms with Crippen molar-refractivity contribution in [2.24, 2.45) is 22.7 Å². The number of carbonyl (C=O) groups excluding carboxylic acids is 3. The van der Waals surface area contributed by atoms with Crippen molar-refractivity contribution in [3.8, 4) is 0 Å². The van der Waals surface area contributed by atoms with Crippen LogP contribution in [0.4, 0.5) is 0 Å². The van der Waals surface area contributed by atoms with E-state index in [1.54, 1.807) is 9.96 Å². The largest absolute Gasteiger partial charge is 0.458 e. The van der Waals surface area contributed by atoms with Crippen LogP contribution in [0.25, 0.3) is 6.08 Å². The third-order valence-electron chi connectivity index (χ3n) is 16.3. The van der Waals surface area contributed by atoms with Crippen LogP contribution in [-0.4, -0.2) is 107 Å². The van der Waals surface area contributed by atoms with Crippen LogP contribution in [0.15, 0.2) is 29.8 Å². The van der Waals surface area contributed by atoms with Gasteiger partial charge in [-0.1, -0.05) is 89.3 Å². The number of unbranched alkanes of at least 4 members (excludes halogenated alkanes) is 4. The summed E-state index contributed by atoms with van der Waals surface area (Å²) in [4.78, 5) is 52.5. The first kappa shape index (κ1) is 43.4. The summed E-state index contributed by atoms with van der Waals surface area (Å²) in [6, 6.07) is 6.61. The number of nitrogens with zero attached hydrogens (tertiary/aromatic N) is 2. The highest BCUT2D eigenvalue weighted by Gasteiger charge is 2.77. The Balaban J connectivity index is 1.07. The molecule has 5 saturated heterocycles. The van der Waals surface area contributed by atoms with Crippen molar-refractivity contribution in [3.05, 3.63) is 41.0 Å². The first-order chi connectivity index (χ1) is 29.4. The zero-order valence-electron chi connectivity index (χ0n) is 37.3. The van der Waals surface area contributed by atoms with Crippen LogP contribution in [0.5, 0.6) is 0 Å². The molecule has 3 saturated carbocycles. The van der Waals surface area contributed by atoms with Gasteiger partial charge in [-0.15, -0.1) is 0 Å². The second-order valence-electron chi connectivity index (χ2n) is 20.7. The average Bonchev–Trinajstić information content (AvgIpc) is 3.62. The predicted octanol–water partition coefficient (Wildman–Crippen LogP) is 7.00. The number of benzene rings is 1. The van der Waals surface area contributed by atoms with Gasteiger partial charge in [0.2, 0.25) is 11.8 Å². The van der Waals surface area contributed by atoms with Crippen LogP contribution in [0.1, 0.15) is 148 Å². The SMILES string of the molecule is CCCCCC1(CCCCC)O[C@@H]2[C@H](O1)[C@H]1ON(Cc3ccccc3C=C3CCC4O[C@]4(C)CC[C@@H]4[C@@H]3CC4(C)C)[C@@H]3C(=O)O[C@@H]2C[C@]13C(=O)N1CCC[C@@H]1C(=O)NCCO. The van der Waals surface area contributed by atoms with Crippen molar-refractivity contribution in [2.45, 2.75) is 198 Å². The lowest BCUT2D eigenvalue weighted by molar-refractivity contribution is -0.225. The van der Waals surface area contributed by atoms with E-state index < -0.39 is 53.7 Å². The summed E-state index contributed by atoms with van der Waals surface area (Å²) in [5.74, 6) is -0.799. The van der Waals surface area contributed by atoms with Gasteiger partial charge in [-0.2, -0.15) is 5.06 Å². The molecule has 9 rings (SSSR count). The van der Waals surface area contributed by atoms with Crippen LogP contribution in [0.3, 0.4) is 0 Å². The molecule has 61 heavy (non-hydrogen) atoms.